The van der Waals surface area contributed by atoms with E-state index in [-0.39, 0.29) is 0 Å². The van der Waals surface area contributed by atoms with Crippen LogP contribution in [0.3, 0.4) is 0 Å². The van der Waals surface area contributed by atoms with Crippen molar-refractivity contribution >= 4 is 5.57 Å². The fourth-order valence-corrected chi connectivity index (χ4v) is 6.70. The second-order valence-corrected chi connectivity index (χ2v) is 12.5. The highest BCUT2D eigenvalue weighted by atomic mass is 16.5. The number of ether oxygens (including phenoxy) is 4. The van der Waals surface area contributed by atoms with Crippen LogP contribution in [-0.4, -0.2) is 94.4 Å². The molecule has 1 saturated carbocycles. The SMILES string of the molecule is COc1cc(C2=CN(C)CC(CN3CCN(Cc4cncc(-c5cc(OC)c(OC)c(OC)c5)c4)CC3)=C2)cc(C2CC2)c1C. The standard InChI is InChI=1S/C37H46N4O4/c1-25-33(28-7-8-28)15-29(16-34(25)42-3)32-14-27(21-39(2)24-32)23-41-11-9-40(10-12-41)22-26-13-31(20-38-19-26)30-17-35(43-4)37(45-6)36(18-30)44-5/h13-20,24,28H,7-12,21-23H2,1-6H3. The Morgan fingerprint density at radius 2 is 1.38 bits per heavy atom. The van der Waals surface area contributed by atoms with E-state index in [1.54, 1.807) is 28.4 Å². The maximum atomic E-state index is 5.79. The minimum Gasteiger partial charge on any atom is -0.496 e. The van der Waals surface area contributed by atoms with Gasteiger partial charge in [0, 0.05) is 77.0 Å². The summed E-state index contributed by atoms with van der Waals surface area (Å²) in [6, 6.07) is 10.8. The highest BCUT2D eigenvalue weighted by Crippen LogP contribution is 2.45. The van der Waals surface area contributed by atoms with Gasteiger partial charge in [-0.1, -0.05) is 12.1 Å². The lowest BCUT2D eigenvalue weighted by molar-refractivity contribution is 0.133. The molecule has 0 N–H and O–H groups in total. The van der Waals surface area contributed by atoms with Gasteiger partial charge in [0.05, 0.1) is 28.4 Å². The van der Waals surface area contributed by atoms with Gasteiger partial charge in [0.1, 0.15) is 5.75 Å². The van der Waals surface area contributed by atoms with Crippen LogP contribution in [0.5, 0.6) is 23.0 Å². The molecule has 8 heteroatoms. The van der Waals surface area contributed by atoms with Crippen LogP contribution in [0.25, 0.3) is 16.7 Å². The molecule has 0 bridgehead atoms. The van der Waals surface area contributed by atoms with E-state index in [1.807, 2.05) is 24.5 Å². The number of piperazine rings is 1. The lowest BCUT2D eigenvalue weighted by Crippen LogP contribution is -2.46. The topological polar surface area (TPSA) is 59.5 Å². The van der Waals surface area contributed by atoms with Gasteiger partial charge in [-0.25, -0.2) is 0 Å². The van der Waals surface area contributed by atoms with E-state index in [9.17, 15) is 0 Å². The van der Waals surface area contributed by atoms with Crippen LogP contribution in [0.1, 0.15) is 41.0 Å². The first-order valence-electron chi connectivity index (χ1n) is 15.9. The number of benzene rings is 2. The molecule has 3 aliphatic rings. The summed E-state index contributed by atoms with van der Waals surface area (Å²) in [7, 11) is 8.86. The van der Waals surface area contributed by atoms with Crippen LogP contribution < -0.4 is 18.9 Å². The molecule has 1 aliphatic carbocycles. The molecule has 6 rings (SSSR count). The predicted octanol–water partition coefficient (Wildman–Crippen LogP) is 6.00. The maximum absolute atomic E-state index is 5.79. The number of rotatable bonds is 11. The molecule has 8 nitrogen and oxygen atoms in total. The maximum Gasteiger partial charge on any atom is 0.203 e. The van der Waals surface area contributed by atoms with Crippen LogP contribution in [0.2, 0.25) is 0 Å². The molecule has 238 valence electrons. The average Bonchev–Trinajstić information content (AvgIpc) is 3.90. The molecule has 0 spiro atoms. The molecule has 0 radical (unpaired) electrons. The van der Waals surface area contributed by atoms with Crippen molar-refractivity contribution in [1.82, 2.24) is 19.7 Å². The molecule has 2 aromatic carbocycles. The Hall–Kier alpha value is -4.01. The number of hydrogen-bond donors (Lipinski definition) is 0. The lowest BCUT2D eigenvalue weighted by atomic mass is 9.94. The predicted molar refractivity (Wildman–Crippen MR) is 179 cm³/mol. The Bertz CT molecular complexity index is 1560. The van der Waals surface area contributed by atoms with Crippen LogP contribution in [-0.2, 0) is 6.54 Å². The summed E-state index contributed by atoms with van der Waals surface area (Å²) in [5, 5.41) is 0. The summed E-state index contributed by atoms with van der Waals surface area (Å²) in [5.74, 6) is 3.55. The summed E-state index contributed by atoms with van der Waals surface area (Å²) < 4.78 is 22.4. The van der Waals surface area contributed by atoms with Gasteiger partial charge in [0.15, 0.2) is 11.5 Å². The van der Waals surface area contributed by atoms with Crippen molar-refractivity contribution in [2.75, 3.05) is 74.8 Å². The molecule has 2 fully saturated rings. The van der Waals surface area contributed by atoms with E-state index in [4.69, 9.17) is 18.9 Å². The number of likely N-dealkylation sites (N-methyl/N-ethyl adjacent to an activating group) is 1. The summed E-state index contributed by atoms with van der Waals surface area (Å²) >= 11 is 0. The Kier molecular flexibility index (Phi) is 9.33. The number of allylic oxidation sites excluding steroid dienone is 2. The number of nitrogens with zero attached hydrogens (tertiary/aromatic N) is 4. The third-order valence-electron chi connectivity index (χ3n) is 9.23. The quantitative estimate of drug-likeness (QED) is 0.262. The van der Waals surface area contributed by atoms with Gasteiger partial charge in [0.25, 0.3) is 0 Å². The van der Waals surface area contributed by atoms with Gasteiger partial charge in [-0.2, -0.15) is 0 Å². The van der Waals surface area contributed by atoms with E-state index in [2.05, 4.69) is 64.1 Å². The molecule has 2 aliphatic heterocycles. The Labute approximate surface area is 267 Å². The summed E-state index contributed by atoms with van der Waals surface area (Å²) in [6.07, 6.45) is 11.1. The van der Waals surface area contributed by atoms with Crippen molar-refractivity contribution in [3.05, 3.63) is 82.8 Å². The van der Waals surface area contributed by atoms with Crippen LogP contribution >= 0.6 is 0 Å². The van der Waals surface area contributed by atoms with Gasteiger partial charge in [-0.3, -0.25) is 14.8 Å². The first-order valence-corrected chi connectivity index (χ1v) is 15.9. The summed E-state index contributed by atoms with van der Waals surface area (Å²) in [4.78, 5) is 12.0. The Balaban J connectivity index is 1.09. The van der Waals surface area contributed by atoms with Crippen molar-refractivity contribution in [2.24, 2.45) is 0 Å². The van der Waals surface area contributed by atoms with Crippen LogP contribution in [0.15, 0.2) is 60.6 Å². The smallest absolute Gasteiger partial charge is 0.203 e. The van der Waals surface area contributed by atoms with E-state index in [0.29, 0.717) is 23.2 Å². The molecule has 45 heavy (non-hydrogen) atoms. The Morgan fingerprint density at radius 3 is 2.00 bits per heavy atom. The monoisotopic (exact) mass is 610 g/mol. The van der Waals surface area contributed by atoms with Crippen LogP contribution in [0, 0.1) is 6.92 Å². The molecule has 1 saturated heterocycles. The lowest BCUT2D eigenvalue weighted by Gasteiger charge is -2.36. The minimum absolute atomic E-state index is 0.590. The number of hydrogen-bond acceptors (Lipinski definition) is 8. The largest absolute Gasteiger partial charge is 0.496 e. The third kappa shape index (κ3) is 6.97. The zero-order valence-electron chi connectivity index (χ0n) is 27.6. The summed E-state index contributed by atoms with van der Waals surface area (Å²) in [5.41, 5.74) is 9.94. The van der Waals surface area contributed by atoms with Gasteiger partial charge >= 0.3 is 0 Å². The van der Waals surface area contributed by atoms with Crippen molar-refractivity contribution in [3.63, 3.8) is 0 Å². The molecular formula is C37H46N4O4. The van der Waals surface area contributed by atoms with Crippen LogP contribution in [0.4, 0.5) is 0 Å². The first-order chi connectivity index (χ1) is 21.9. The molecule has 3 heterocycles. The highest BCUT2D eigenvalue weighted by molar-refractivity contribution is 5.77. The first kappa shape index (κ1) is 31.0. The van der Waals surface area contributed by atoms with Gasteiger partial charge < -0.3 is 23.8 Å². The Morgan fingerprint density at radius 1 is 0.733 bits per heavy atom. The second-order valence-electron chi connectivity index (χ2n) is 12.5. The van der Waals surface area contributed by atoms with E-state index in [0.717, 1.165) is 62.7 Å². The summed E-state index contributed by atoms with van der Waals surface area (Å²) in [6.45, 7) is 9.17. The molecular weight excluding hydrogens is 564 g/mol. The van der Waals surface area contributed by atoms with Gasteiger partial charge in [0.2, 0.25) is 5.75 Å². The van der Waals surface area contributed by atoms with Gasteiger partial charge in [-0.05, 0) is 88.9 Å². The fraction of sp³-hybridized carbons (Fsp3) is 0.432. The van der Waals surface area contributed by atoms with Crippen molar-refractivity contribution in [2.45, 2.75) is 32.2 Å². The average molecular weight is 611 g/mol. The molecule has 0 amide bonds. The van der Waals surface area contributed by atoms with E-state index < -0.39 is 0 Å². The molecule has 1 aromatic heterocycles. The third-order valence-corrected chi connectivity index (χ3v) is 9.23. The molecule has 0 unspecified atom stereocenters. The minimum atomic E-state index is 0.590. The van der Waals surface area contributed by atoms with Gasteiger partial charge in [-0.15, -0.1) is 0 Å². The number of pyridine rings is 1. The number of aromatic nitrogens is 1. The van der Waals surface area contributed by atoms with E-state index in [1.165, 1.54) is 46.2 Å². The fourth-order valence-electron chi connectivity index (χ4n) is 6.70. The van der Waals surface area contributed by atoms with E-state index >= 15 is 0 Å². The van der Waals surface area contributed by atoms with Crippen molar-refractivity contribution < 1.29 is 18.9 Å². The van der Waals surface area contributed by atoms with Crippen molar-refractivity contribution in [3.8, 4) is 34.1 Å². The second kappa shape index (κ2) is 13.5. The highest BCUT2D eigenvalue weighted by Gasteiger charge is 2.28. The molecule has 3 aromatic rings. The zero-order chi connectivity index (χ0) is 31.5. The zero-order valence-corrected chi connectivity index (χ0v) is 27.6. The van der Waals surface area contributed by atoms with Crippen molar-refractivity contribution in [1.29, 1.82) is 0 Å². The number of methoxy groups -OCH3 is 4. The molecule has 0 atom stereocenters. The normalized spacial score (nSPS) is 17.5.